The van der Waals surface area contributed by atoms with Crippen molar-refractivity contribution in [3.8, 4) is 0 Å². The fourth-order valence-electron chi connectivity index (χ4n) is 1.48. The summed E-state index contributed by atoms with van der Waals surface area (Å²) in [4.78, 5) is 11.7. The fraction of sp³-hybridized carbons (Fsp3) is 0.182. The summed E-state index contributed by atoms with van der Waals surface area (Å²) < 4.78 is 30.2. The molecule has 0 aliphatic carbocycles. The van der Waals surface area contributed by atoms with E-state index in [0.717, 1.165) is 12.1 Å². The summed E-state index contributed by atoms with van der Waals surface area (Å²) in [5, 5.41) is 9.12. The van der Waals surface area contributed by atoms with Crippen LogP contribution in [0.3, 0.4) is 0 Å². The third kappa shape index (κ3) is 2.67. The minimum atomic E-state index is -0.985. The first-order valence-corrected chi connectivity index (χ1v) is 5.33. The largest absolute Gasteiger partial charge is 0.379 e. The first-order chi connectivity index (χ1) is 8.99. The average molecular weight is 268 g/mol. The number of amides is 1. The van der Waals surface area contributed by atoms with Crippen molar-refractivity contribution in [3.63, 3.8) is 0 Å². The second kappa shape index (κ2) is 5.01. The van der Waals surface area contributed by atoms with E-state index in [9.17, 15) is 13.6 Å². The van der Waals surface area contributed by atoms with Gasteiger partial charge in [-0.05, 0) is 34.9 Å². The highest BCUT2D eigenvalue weighted by Crippen LogP contribution is 2.16. The number of halogens is 2. The molecule has 1 amide bonds. The topological polar surface area (TPSA) is 94.0 Å². The van der Waals surface area contributed by atoms with Crippen molar-refractivity contribution in [2.75, 3.05) is 5.73 Å². The minimum absolute atomic E-state index is 0.144. The van der Waals surface area contributed by atoms with Gasteiger partial charge >= 0.3 is 0 Å². The molecule has 100 valence electrons. The maximum Gasteiger partial charge on any atom is 0.277 e. The molecule has 0 spiro atoms. The lowest BCUT2D eigenvalue weighted by Crippen LogP contribution is -2.27. The van der Waals surface area contributed by atoms with E-state index in [2.05, 4.69) is 20.3 Å². The van der Waals surface area contributed by atoms with Crippen LogP contribution in [0.5, 0.6) is 0 Å². The highest BCUT2D eigenvalue weighted by atomic mass is 19.2. The molecular weight excluding hydrogens is 258 g/mol. The summed E-state index contributed by atoms with van der Waals surface area (Å²) in [7, 11) is 0. The summed E-state index contributed by atoms with van der Waals surface area (Å²) in [6.45, 7) is 1.61. The Balaban J connectivity index is 2.13. The van der Waals surface area contributed by atoms with Gasteiger partial charge in [-0.25, -0.2) is 13.4 Å². The van der Waals surface area contributed by atoms with Crippen molar-refractivity contribution in [3.05, 3.63) is 41.1 Å². The molecule has 0 aliphatic heterocycles. The number of rotatable bonds is 3. The van der Waals surface area contributed by atoms with Crippen molar-refractivity contribution >= 4 is 11.7 Å². The highest BCUT2D eigenvalue weighted by molar-refractivity contribution is 5.96. The van der Waals surface area contributed by atoms with Crippen LogP contribution in [0.4, 0.5) is 14.6 Å². The van der Waals surface area contributed by atoms with E-state index in [0.29, 0.717) is 5.56 Å². The third-order valence-electron chi connectivity index (χ3n) is 2.52. The summed E-state index contributed by atoms with van der Waals surface area (Å²) in [6.07, 6.45) is 0. The smallest absolute Gasteiger partial charge is 0.277 e. The Morgan fingerprint density at radius 2 is 2.11 bits per heavy atom. The van der Waals surface area contributed by atoms with Crippen LogP contribution >= 0.6 is 0 Å². The van der Waals surface area contributed by atoms with Crippen LogP contribution in [0.15, 0.2) is 22.8 Å². The second-order valence-corrected chi connectivity index (χ2v) is 3.87. The molecule has 2 aromatic rings. The van der Waals surface area contributed by atoms with Gasteiger partial charge in [-0.2, -0.15) is 0 Å². The summed E-state index contributed by atoms with van der Waals surface area (Å²) in [6, 6.07) is 2.80. The Morgan fingerprint density at radius 3 is 2.68 bits per heavy atom. The van der Waals surface area contributed by atoms with Gasteiger partial charge in [-0.3, -0.25) is 4.79 Å². The van der Waals surface area contributed by atoms with Crippen molar-refractivity contribution in [1.82, 2.24) is 15.6 Å². The SMILES string of the molecule is CC(NC(=O)c1nonc1N)c1ccc(F)c(F)c1. The van der Waals surface area contributed by atoms with Gasteiger partial charge in [0.25, 0.3) is 5.91 Å². The normalized spacial score (nSPS) is 12.2. The number of aromatic nitrogens is 2. The molecule has 0 aliphatic rings. The Labute approximate surface area is 106 Å². The Morgan fingerprint density at radius 1 is 1.37 bits per heavy atom. The molecule has 1 aromatic carbocycles. The van der Waals surface area contributed by atoms with Gasteiger partial charge in [-0.15, -0.1) is 0 Å². The van der Waals surface area contributed by atoms with Gasteiger partial charge in [0.15, 0.2) is 11.6 Å². The molecule has 0 bridgehead atoms. The number of hydrogen-bond donors (Lipinski definition) is 2. The molecule has 0 fully saturated rings. The van der Waals surface area contributed by atoms with Crippen molar-refractivity contribution in [1.29, 1.82) is 0 Å². The molecule has 6 nitrogen and oxygen atoms in total. The van der Waals surface area contributed by atoms with Crippen LogP contribution in [0, 0.1) is 11.6 Å². The fourth-order valence-corrected chi connectivity index (χ4v) is 1.48. The Hall–Kier alpha value is -2.51. The molecule has 3 N–H and O–H groups in total. The molecule has 0 radical (unpaired) electrons. The first-order valence-electron chi connectivity index (χ1n) is 5.33. The van der Waals surface area contributed by atoms with E-state index < -0.39 is 23.6 Å². The predicted molar refractivity (Wildman–Crippen MR) is 60.9 cm³/mol. The molecule has 0 saturated carbocycles. The van der Waals surface area contributed by atoms with Crippen LogP contribution in [-0.2, 0) is 0 Å². The van der Waals surface area contributed by atoms with E-state index >= 15 is 0 Å². The monoisotopic (exact) mass is 268 g/mol. The van der Waals surface area contributed by atoms with E-state index in [1.165, 1.54) is 6.07 Å². The van der Waals surface area contributed by atoms with Crippen LogP contribution in [0.25, 0.3) is 0 Å². The third-order valence-corrected chi connectivity index (χ3v) is 2.52. The van der Waals surface area contributed by atoms with Crippen LogP contribution < -0.4 is 11.1 Å². The Bertz CT molecular complexity index is 614. The van der Waals surface area contributed by atoms with Crippen LogP contribution in [0.1, 0.15) is 29.0 Å². The van der Waals surface area contributed by atoms with Gasteiger partial charge < -0.3 is 11.1 Å². The lowest BCUT2D eigenvalue weighted by molar-refractivity contribution is 0.0930. The standard InChI is InChI=1S/C11H10F2N4O2/c1-5(6-2-3-7(12)8(13)4-6)15-11(18)9-10(14)17-19-16-9/h2-5H,1H3,(H2,14,17)(H,15,18). The van der Waals surface area contributed by atoms with Gasteiger partial charge in [-0.1, -0.05) is 6.07 Å². The predicted octanol–water partition coefficient (Wildman–Crippen LogP) is 1.42. The molecule has 1 aromatic heterocycles. The number of benzene rings is 1. The summed E-state index contributed by atoms with van der Waals surface area (Å²) in [5.74, 6) is -2.69. The van der Waals surface area contributed by atoms with E-state index in [1.807, 2.05) is 0 Å². The van der Waals surface area contributed by atoms with E-state index in [-0.39, 0.29) is 11.5 Å². The molecule has 1 unspecified atom stereocenters. The van der Waals surface area contributed by atoms with E-state index in [1.54, 1.807) is 6.92 Å². The number of nitrogen functional groups attached to an aromatic ring is 1. The van der Waals surface area contributed by atoms with Gasteiger partial charge in [0.1, 0.15) is 0 Å². The number of carbonyl (C=O) groups is 1. The van der Waals surface area contributed by atoms with Crippen molar-refractivity contribution in [2.24, 2.45) is 0 Å². The number of anilines is 1. The first kappa shape index (κ1) is 12.9. The maximum atomic E-state index is 13.1. The number of hydrogen-bond acceptors (Lipinski definition) is 5. The zero-order chi connectivity index (χ0) is 14.0. The van der Waals surface area contributed by atoms with Crippen molar-refractivity contribution < 1.29 is 18.2 Å². The molecule has 0 saturated heterocycles. The average Bonchev–Trinajstić information content (AvgIpc) is 2.79. The molecule has 8 heteroatoms. The minimum Gasteiger partial charge on any atom is -0.379 e. The number of nitrogens with zero attached hydrogens (tertiary/aromatic N) is 2. The molecule has 1 atom stereocenters. The van der Waals surface area contributed by atoms with E-state index in [4.69, 9.17) is 5.73 Å². The van der Waals surface area contributed by atoms with Gasteiger partial charge in [0.2, 0.25) is 11.5 Å². The molecular formula is C11H10F2N4O2. The van der Waals surface area contributed by atoms with Crippen LogP contribution in [-0.4, -0.2) is 16.2 Å². The number of carbonyl (C=O) groups excluding carboxylic acids is 1. The quantitative estimate of drug-likeness (QED) is 0.878. The Kier molecular flexibility index (Phi) is 3.41. The zero-order valence-corrected chi connectivity index (χ0v) is 9.85. The zero-order valence-electron chi connectivity index (χ0n) is 9.85. The highest BCUT2D eigenvalue weighted by Gasteiger charge is 2.19. The maximum absolute atomic E-state index is 13.1. The molecule has 2 rings (SSSR count). The second-order valence-electron chi connectivity index (χ2n) is 3.87. The van der Waals surface area contributed by atoms with Gasteiger partial charge in [0, 0.05) is 0 Å². The van der Waals surface area contributed by atoms with Crippen molar-refractivity contribution in [2.45, 2.75) is 13.0 Å². The lowest BCUT2D eigenvalue weighted by Gasteiger charge is -2.13. The molecule has 1 heterocycles. The molecule has 19 heavy (non-hydrogen) atoms. The number of nitrogens with one attached hydrogen (secondary N) is 1. The lowest BCUT2D eigenvalue weighted by atomic mass is 10.1. The van der Waals surface area contributed by atoms with Crippen LogP contribution in [0.2, 0.25) is 0 Å². The summed E-state index contributed by atoms with van der Waals surface area (Å²) in [5.41, 5.74) is 5.61. The summed E-state index contributed by atoms with van der Waals surface area (Å²) >= 11 is 0. The number of nitrogens with two attached hydrogens (primary N) is 1. The van der Waals surface area contributed by atoms with Gasteiger partial charge in [0.05, 0.1) is 6.04 Å².